The number of aromatic carboxylic acids is 1. The average molecular weight is 263 g/mol. The van der Waals surface area contributed by atoms with Crippen molar-refractivity contribution in [1.29, 1.82) is 5.26 Å². The standard InChI is InChI=1S/C12H6FNO3S/c13-8-2-1-3-10(7(8)6-14)18-11-5-4-9(17-11)12(15)16/h1-5H,(H,15,16). The minimum atomic E-state index is -1.18. The van der Waals surface area contributed by atoms with Gasteiger partial charge in [-0.2, -0.15) is 5.26 Å². The summed E-state index contributed by atoms with van der Waals surface area (Å²) in [6.07, 6.45) is 0. The number of hydrogen-bond acceptors (Lipinski definition) is 4. The number of rotatable bonds is 3. The number of nitriles is 1. The third-order valence-electron chi connectivity index (χ3n) is 2.09. The Morgan fingerprint density at radius 2 is 2.17 bits per heavy atom. The molecule has 90 valence electrons. The molecule has 0 amide bonds. The van der Waals surface area contributed by atoms with Crippen molar-refractivity contribution in [2.45, 2.75) is 9.99 Å². The molecular formula is C12H6FNO3S. The molecule has 0 unspecified atom stereocenters. The first-order valence-electron chi connectivity index (χ1n) is 4.81. The highest BCUT2D eigenvalue weighted by Crippen LogP contribution is 2.32. The summed E-state index contributed by atoms with van der Waals surface area (Å²) in [4.78, 5) is 11.0. The summed E-state index contributed by atoms with van der Waals surface area (Å²) in [5.41, 5.74) is -0.0872. The van der Waals surface area contributed by atoms with E-state index < -0.39 is 11.8 Å². The van der Waals surface area contributed by atoms with Gasteiger partial charge in [-0.05, 0) is 24.3 Å². The third-order valence-corrected chi connectivity index (χ3v) is 3.07. The first-order chi connectivity index (χ1) is 8.61. The van der Waals surface area contributed by atoms with Gasteiger partial charge in [0.05, 0.1) is 0 Å². The largest absolute Gasteiger partial charge is 0.475 e. The molecule has 0 aliphatic heterocycles. The molecule has 0 bridgehead atoms. The average Bonchev–Trinajstić information content (AvgIpc) is 2.78. The van der Waals surface area contributed by atoms with Crippen molar-refractivity contribution in [2.24, 2.45) is 0 Å². The van der Waals surface area contributed by atoms with Gasteiger partial charge >= 0.3 is 5.97 Å². The van der Waals surface area contributed by atoms with E-state index in [1.165, 1.54) is 24.3 Å². The first-order valence-corrected chi connectivity index (χ1v) is 5.63. The van der Waals surface area contributed by atoms with E-state index in [2.05, 4.69) is 0 Å². The third kappa shape index (κ3) is 2.36. The normalized spacial score (nSPS) is 10.0. The van der Waals surface area contributed by atoms with Gasteiger partial charge < -0.3 is 9.52 Å². The Labute approximate surface area is 106 Å². The van der Waals surface area contributed by atoms with Crippen molar-refractivity contribution in [3.63, 3.8) is 0 Å². The number of nitrogens with zero attached hydrogens (tertiary/aromatic N) is 1. The predicted molar refractivity (Wildman–Crippen MR) is 60.9 cm³/mol. The van der Waals surface area contributed by atoms with Crippen LogP contribution in [-0.2, 0) is 0 Å². The van der Waals surface area contributed by atoms with Crippen LogP contribution in [0, 0.1) is 17.1 Å². The van der Waals surface area contributed by atoms with Crippen molar-refractivity contribution in [2.75, 3.05) is 0 Å². The molecule has 6 heteroatoms. The summed E-state index contributed by atoms with van der Waals surface area (Å²) < 4.78 is 18.3. The van der Waals surface area contributed by atoms with Gasteiger partial charge in [-0.15, -0.1) is 0 Å². The quantitative estimate of drug-likeness (QED) is 0.920. The van der Waals surface area contributed by atoms with Crippen LogP contribution in [0.5, 0.6) is 0 Å². The Hall–Kier alpha value is -2.26. The van der Waals surface area contributed by atoms with Crippen LogP contribution in [0.1, 0.15) is 16.1 Å². The number of furan rings is 1. The van der Waals surface area contributed by atoms with Crippen molar-refractivity contribution >= 4 is 17.7 Å². The van der Waals surface area contributed by atoms with Crippen LogP contribution < -0.4 is 0 Å². The Balaban J connectivity index is 2.31. The zero-order valence-electron chi connectivity index (χ0n) is 8.88. The van der Waals surface area contributed by atoms with Crippen LogP contribution in [0.3, 0.4) is 0 Å². The first kappa shape index (κ1) is 12.2. The predicted octanol–water partition coefficient (Wildman–Crippen LogP) is 3.14. The molecule has 1 N–H and O–H groups in total. The number of carboxylic acids is 1. The maximum atomic E-state index is 13.3. The summed E-state index contributed by atoms with van der Waals surface area (Å²) in [6, 6.07) is 8.74. The molecule has 0 radical (unpaired) electrons. The number of carboxylic acid groups (broad SMARTS) is 1. The Morgan fingerprint density at radius 1 is 1.39 bits per heavy atom. The summed E-state index contributed by atoms with van der Waals surface area (Å²) in [7, 11) is 0. The monoisotopic (exact) mass is 263 g/mol. The lowest BCUT2D eigenvalue weighted by Crippen LogP contribution is -1.91. The van der Waals surface area contributed by atoms with Crippen LogP contribution >= 0.6 is 11.8 Å². The van der Waals surface area contributed by atoms with E-state index in [9.17, 15) is 9.18 Å². The molecule has 2 aromatic rings. The number of hydrogen-bond donors (Lipinski definition) is 1. The smallest absolute Gasteiger partial charge is 0.371 e. The second-order valence-corrected chi connectivity index (χ2v) is 4.30. The fraction of sp³-hybridized carbons (Fsp3) is 0. The number of carbonyl (C=O) groups is 1. The second-order valence-electron chi connectivity index (χ2n) is 3.25. The lowest BCUT2D eigenvalue weighted by atomic mass is 10.2. The summed E-state index contributed by atoms with van der Waals surface area (Å²) in [5.74, 6) is -2.00. The minimum Gasteiger partial charge on any atom is -0.475 e. The highest BCUT2D eigenvalue weighted by Gasteiger charge is 2.13. The van der Waals surface area contributed by atoms with Gasteiger partial charge in [0.2, 0.25) is 5.76 Å². The highest BCUT2D eigenvalue weighted by atomic mass is 32.2. The van der Waals surface area contributed by atoms with Crippen molar-refractivity contribution < 1.29 is 18.7 Å². The highest BCUT2D eigenvalue weighted by molar-refractivity contribution is 7.99. The van der Waals surface area contributed by atoms with Gasteiger partial charge in [-0.1, -0.05) is 17.8 Å². The maximum Gasteiger partial charge on any atom is 0.371 e. The van der Waals surface area contributed by atoms with E-state index in [1.807, 2.05) is 0 Å². The second kappa shape index (κ2) is 4.94. The van der Waals surface area contributed by atoms with Crippen LogP contribution in [0.15, 0.2) is 44.7 Å². The van der Waals surface area contributed by atoms with E-state index in [0.717, 1.165) is 11.8 Å². The molecule has 0 aliphatic carbocycles. The van der Waals surface area contributed by atoms with Gasteiger partial charge in [0.15, 0.2) is 5.09 Å². The lowest BCUT2D eigenvalue weighted by Gasteiger charge is -2.01. The molecule has 0 spiro atoms. The fourth-order valence-corrected chi connectivity index (χ4v) is 2.17. The minimum absolute atomic E-state index is 0.0872. The van der Waals surface area contributed by atoms with Crippen LogP contribution in [-0.4, -0.2) is 11.1 Å². The van der Waals surface area contributed by atoms with Gasteiger partial charge in [-0.25, -0.2) is 9.18 Å². The van der Waals surface area contributed by atoms with E-state index >= 15 is 0 Å². The van der Waals surface area contributed by atoms with Crippen molar-refractivity contribution in [1.82, 2.24) is 0 Å². The fourth-order valence-electron chi connectivity index (χ4n) is 1.30. The van der Waals surface area contributed by atoms with E-state index in [0.29, 0.717) is 4.90 Å². The van der Waals surface area contributed by atoms with Crippen molar-refractivity contribution in [3.8, 4) is 6.07 Å². The summed E-state index contributed by atoms with van der Waals surface area (Å²) in [6.45, 7) is 0. The number of halogens is 1. The molecule has 0 saturated heterocycles. The number of benzene rings is 1. The molecule has 4 nitrogen and oxygen atoms in total. The van der Waals surface area contributed by atoms with Gasteiger partial charge in [0, 0.05) is 4.90 Å². The molecule has 1 heterocycles. The summed E-state index contributed by atoms with van der Waals surface area (Å²) in [5, 5.41) is 17.8. The SMILES string of the molecule is N#Cc1c(F)cccc1Sc1ccc(C(=O)O)o1. The summed E-state index contributed by atoms with van der Waals surface area (Å²) >= 11 is 0.999. The zero-order chi connectivity index (χ0) is 13.1. The molecule has 0 fully saturated rings. The molecule has 0 saturated carbocycles. The molecule has 2 rings (SSSR count). The van der Waals surface area contributed by atoms with Gasteiger partial charge in [0.25, 0.3) is 0 Å². The molecule has 1 aromatic carbocycles. The van der Waals surface area contributed by atoms with E-state index in [4.69, 9.17) is 14.8 Å². The van der Waals surface area contributed by atoms with Crippen molar-refractivity contribution in [3.05, 3.63) is 47.5 Å². The van der Waals surface area contributed by atoms with Gasteiger partial charge in [0.1, 0.15) is 17.4 Å². The lowest BCUT2D eigenvalue weighted by molar-refractivity contribution is 0.0656. The molecule has 18 heavy (non-hydrogen) atoms. The molecule has 0 aliphatic rings. The maximum absolute atomic E-state index is 13.3. The Bertz CT molecular complexity index is 645. The van der Waals surface area contributed by atoms with Crippen LogP contribution in [0.25, 0.3) is 0 Å². The Morgan fingerprint density at radius 3 is 2.78 bits per heavy atom. The van der Waals surface area contributed by atoms with Crippen LogP contribution in [0.2, 0.25) is 0 Å². The zero-order valence-corrected chi connectivity index (χ0v) is 9.70. The molecule has 1 aromatic heterocycles. The van der Waals surface area contributed by atoms with E-state index in [-0.39, 0.29) is 16.4 Å². The topological polar surface area (TPSA) is 74.2 Å². The Kier molecular flexibility index (Phi) is 3.35. The molecular weight excluding hydrogens is 257 g/mol. The van der Waals surface area contributed by atoms with E-state index in [1.54, 1.807) is 12.1 Å². The van der Waals surface area contributed by atoms with Gasteiger partial charge in [-0.3, -0.25) is 0 Å². The molecule has 0 atom stereocenters. The van der Waals surface area contributed by atoms with Crippen LogP contribution in [0.4, 0.5) is 4.39 Å².